The third kappa shape index (κ3) is 26.0. The molecule has 20 heteroatoms. The number of hydrogen-bond donors (Lipinski definition) is 2. The summed E-state index contributed by atoms with van der Waals surface area (Å²) in [4.78, 5) is 50.0. The van der Waals surface area contributed by atoms with Crippen LogP contribution in [0.1, 0.15) is 123 Å². The van der Waals surface area contributed by atoms with Crippen LogP contribution in [0.5, 0.6) is 23.0 Å². The van der Waals surface area contributed by atoms with Gasteiger partial charge in [-0.15, -0.1) is 0 Å². The molecule has 14 nitrogen and oxygen atoms in total. The molecule has 4 aromatic rings. The normalized spacial score (nSPS) is 13.0. The van der Waals surface area contributed by atoms with E-state index in [1.54, 1.807) is 48.5 Å². The van der Waals surface area contributed by atoms with Gasteiger partial charge in [0.15, 0.2) is 57.1 Å². The fraction of sp³-hybridized carbons (Fsp3) is 0.548. The minimum absolute atomic E-state index is 0.0557. The van der Waals surface area contributed by atoms with Gasteiger partial charge in [0.05, 0.1) is 19.8 Å². The second-order valence-electron chi connectivity index (χ2n) is 26.8. The molecule has 0 saturated carbocycles. The fourth-order valence-corrected chi connectivity index (χ4v) is 31.9. The topological polar surface area (TPSA) is 183 Å². The zero-order chi connectivity index (χ0) is 62.3. The van der Waals surface area contributed by atoms with E-state index in [2.05, 4.69) is 52.4 Å². The summed E-state index contributed by atoms with van der Waals surface area (Å²) in [6.07, 6.45) is 2.67. The lowest BCUT2D eigenvalue weighted by Crippen LogP contribution is -2.49. The van der Waals surface area contributed by atoms with Gasteiger partial charge in [0.1, 0.15) is 39.8 Å². The fourth-order valence-electron chi connectivity index (χ4n) is 9.46. The molecule has 0 aromatic heterocycles. The Hall–Kier alpha value is -4.18. The quantitative estimate of drug-likeness (QED) is 0.0267. The number of aliphatic hydroxyl groups is 2. The van der Waals surface area contributed by atoms with Gasteiger partial charge in [0, 0.05) is 27.7 Å². The molecule has 0 atom stereocenters. The molecule has 4 rings (SSSR count). The molecule has 0 heterocycles. The highest BCUT2D eigenvalue weighted by Gasteiger charge is 2.40. The van der Waals surface area contributed by atoms with Crippen molar-refractivity contribution < 1.29 is 64.8 Å². The first-order valence-electron chi connectivity index (χ1n) is 28.8. The van der Waals surface area contributed by atoms with Crippen LogP contribution < -0.4 is 18.6 Å². The number of carbonyl (C=O) groups is 4. The Labute approximate surface area is 498 Å². The van der Waals surface area contributed by atoms with Gasteiger partial charge in [0.25, 0.3) is 0 Å². The molecular formula is C62H100O14Si6. The summed E-state index contributed by atoms with van der Waals surface area (Å²) in [5.74, 6) is 2.27. The van der Waals surface area contributed by atoms with Crippen molar-refractivity contribution in [2.75, 3.05) is 19.8 Å². The number of hydrogen-bond acceptors (Lipinski definition) is 14. The van der Waals surface area contributed by atoms with Gasteiger partial charge in [0.2, 0.25) is 0 Å². The lowest BCUT2D eigenvalue weighted by molar-refractivity contribution is 0.0479. The van der Waals surface area contributed by atoms with E-state index >= 15 is 0 Å². The minimum Gasteiger partial charge on any atom is -0.521 e. The summed E-state index contributed by atoms with van der Waals surface area (Å²) < 4.78 is 49.7. The first-order chi connectivity index (χ1) is 37.4. The highest BCUT2D eigenvalue weighted by atomic mass is 28.4. The van der Waals surface area contributed by atoms with E-state index in [-0.39, 0.29) is 23.1 Å². The number of benzene rings is 4. The molecule has 0 spiro atoms. The van der Waals surface area contributed by atoms with Crippen molar-refractivity contribution >= 4 is 74.2 Å². The van der Waals surface area contributed by atoms with Crippen molar-refractivity contribution in [3.05, 3.63) is 119 Å². The van der Waals surface area contributed by atoms with Crippen LogP contribution in [-0.4, -0.2) is 121 Å². The van der Waals surface area contributed by atoms with Crippen molar-refractivity contribution in [3.8, 4) is 23.0 Å². The van der Waals surface area contributed by atoms with E-state index in [1.165, 1.54) is 27.7 Å². The van der Waals surface area contributed by atoms with Crippen LogP contribution in [0, 0.1) is 5.41 Å². The minimum atomic E-state index is -2.48. The SMILES string of the molecule is CC(C)(O)C(=O)c1ccc(OCCC[Si](C)(C)O[Si](C)(C)Oc2ccc(C(=O)C(C)(C)O)cc2)cc1.C[SiH](C)O[Si](C)(C)OC(C)(C)C(=O)c1ccc(OCCC[Si](C)(C)O[Si](C)(C)CCCOc2ccc(C(=O)C(C)(C)C)cc2)cc1. The third-order valence-electron chi connectivity index (χ3n) is 12.8. The molecule has 0 aliphatic rings. The number of ether oxygens (including phenoxy) is 3. The molecule has 0 amide bonds. The van der Waals surface area contributed by atoms with Crippen LogP contribution in [0.2, 0.25) is 96.7 Å². The lowest BCUT2D eigenvalue weighted by atomic mass is 9.86. The van der Waals surface area contributed by atoms with Crippen LogP contribution in [-0.2, 0) is 16.8 Å². The van der Waals surface area contributed by atoms with E-state index in [0.29, 0.717) is 53.6 Å². The Bertz CT molecular complexity index is 2670. The second-order valence-corrected chi connectivity index (χ2v) is 49.5. The molecule has 0 aliphatic heterocycles. The lowest BCUT2D eigenvalue weighted by Gasteiger charge is -2.34. The smallest absolute Gasteiger partial charge is 0.382 e. The van der Waals surface area contributed by atoms with Crippen LogP contribution in [0.4, 0.5) is 0 Å². The molecule has 0 saturated heterocycles. The van der Waals surface area contributed by atoms with Gasteiger partial charge in [-0.05, 0) is 255 Å². The molecule has 0 unspecified atom stereocenters. The molecule has 0 aliphatic carbocycles. The Morgan fingerprint density at radius 2 is 0.707 bits per heavy atom. The molecule has 0 bridgehead atoms. The Kier molecular flexibility index (Phi) is 26.2. The van der Waals surface area contributed by atoms with Gasteiger partial charge < -0.3 is 45.6 Å². The van der Waals surface area contributed by atoms with Gasteiger partial charge in [-0.2, -0.15) is 0 Å². The highest BCUT2D eigenvalue weighted by Crippen LogP contribution is 2.30. The molecule has 0 fully saturated rings. The predicted molar refractivity (Wildman–Crippen MR) is 345 cm³/mol. The molecular weight excluding hydrogens is 1140 g/mol. The summed E-state index contributed by atoms with van der Waals surface area (Å²) in [7, 11) is -11.9. The van der Waals surface area contributed by atoms with Crippen LogP contribution in [0.25, 0.3) is 0 Å². The van der Waals surface area contributed by atoms with Gasteiger partial charge in [-0.3, -0.25) is 19.2 Å². The van der Waals surface area contributed by atoms with Crippen LogP contribution in [0.3, 0.4) is 0 Å². The number of rotatable bonds is 32. The number of carbonyl (C=O) groups excluding carboxylic acids is 4. The zero-order valence-electron chi connectivity index (χ0n) is 53.5. The average Bonchev–Trinajstić information content (AvgIpc) is 3.50. The molecule has 2 N–H and O–H groups in total. The summed E-state index contributed by atoms with van der Waals surface area (Å²) in [5, 5.41) is 19.8. The number of Topliss-reactive ketones (excluding diaryl/α,β-unsaturated/α-hetero) is 4. The largest absolute Gasteiger partial charge is 0.521 e. The Morgan fingerprint density at radius 1 is 0.415 bits per heavy atom. The predicted octanol–water partition coefficient (Wildman–Crippen LogP) is 14.6. The van der Waals surface area contributed by atoms with Crippen molar-refractivity contribution in [2.24, 2.45) is 5.41 Å². The van der Waals surface area contributed by atoms with Gasteiger partial charge in [-0.25, -0.2) is 0 Å². The van der Waals surface area contributed by atoms with Crippen molar-refractivity contribution in [2.45, 2.75) is 195 Å². The molecule has 0 radical (unpaired) electrons. The number of ketones is 4. The van der Waals surface area contributed by atoms with E-state index < -0.39 is 73.3 Å². The summed E-state index contributed by atoms with van der Waals surface area (Å²) in [5.41, 5.74) is -1.97. The Balaban J connectivity index is 0.000000443. The average molecular weight is 1240 g/mol. The zero-order valence-corrected chi connectivity index (χ0v) is 59.6. The van der Waals surface area contributed by atoms with E-state index in [0.717, 1.165) is 48.9 Å². The Morgan fingerprint density at radius 3 is 1.01 bits per heavy atom. The maximum absolute atomic E-state index is 13.2. The van der Waals surface area contributed by atoms with Crippen molar-refractivity contribution in [3.63, 3.8) is 0 Å². The maximum Gasteiger partial charge on any atom is 0.382 e. The van der Waals surface area contributed by atoms with Crippen molar-refractivity contribution in [1.29, 1.82) is 0 Å². The van der Waals surface area contributed by atoms with E-state index in [4.69, 9.17) is 35.4 Å². The van der Waals surface area contributed by atoms with Crippen LogP contribution >= 0.6 is 0 Å². The standard InChI is InChI=1S/C35H60O7Si4.C27H40O7Si2/c1-34(2,3)32(36)28-16-20-30(21-17-28)38-24-14-26-44(8,9)42-45(10,11)27-15-25-39-31-22-18-29(19-23-31)33(37)35(4,5)40-46(12,13)41-43(6)7;1-26(2,30)24(28)20-10-14-22(15-11-20)32-18-9-19-35(5,6)34-36(7,8)33-23-16-12-21(13-17-23)25(29)27(3,4)31/h16-23,43H,14-15,24-27H2,1-13H3;10-17,30-31H,9,18-19H2,1-8H3. The molecule has 4 aromatic carbocycles. The second kappa shape index (κ2) is 29.8. The maximum atomic E-state index is 13.2. The van der Waals surface area contributed by atoms with Crippen molar-refractivity contribution in [1.82, 2.24) is 0 Å². The van der Waals surface area contributed by atoms with E-state index in [9.17, 15) is 29.4 Å². The van der Waals surface area contributed by atoms with Gasteiger partial charge in [-0.1, -0.05) is 20.8 Å². The first kappa shape index (κ1) is 72.1. The van der Waals surface area contributed by atoms with Crippen LogP contribution in [0.15, 0.2) is 97.1 Å². The summed E-state index contributed by atoms with van der Waals surface area (Å²) in [6, 6.07) is 31.4. The first-order valence-corrected chi connectivity index (χ1v) is 46.6. The third-order valence-corrected chi connectivity index (χ3v) is 32.0. The van der Waals surface area contributed by atoms with E-state index in [1.807, 2.05) is 109 Å². The highest BCUT2D eigenvalue weighted by molar-refractivity contribution is 6.85. The monoisotopic (exact) mass is 1240 g/mol. The molecule has 456 valence electrons. The summed E-state index contributed by atoms with van der Waals surface area (Å²) >= 11 is 0. The summed E-state index contributed by atoms with van der Waals surface area (Å²) in [6.45, 7) is 42.8. The van der Waals surface area contributed by atoms with Gasteiger partial charge >= 0.3 is 17.1 Å². The molecule has 82 heavy (non-hydrogen) atoms.